The predicted octanol–water partition coefficient (Wildman–Crippen LogP) is 5.23. The van der Waals surface area contributed by atoms with E-state index in [0.717, 1.165) is 27.0 Å². The van der Waals surface area contributed by atoms with Crippen LogP contribution in [0.1, 0.15) is 11.1 Å². The number of benzene rings is 2. The lowest BCUT2D eigenvalue weighted by Crippen LogP contribution is -2.24. The number of thiophene rings is 1. The van der Waals surface area contributed by atoms with Crippen molar-refractivity contribution >= 4 is 55.1 Å². The smallest absolute Gasteiger partial charge is 0.272 e. The van der Waals surface area contributed by atoms with Crippen molar-refractivity contribution in [3.8, 4) is 0 Å². The molecular weight excluding hydrogens is 471 g/mol. The Kier molecular flexibility index (Phi) is 6.12. The third-order valence-electron chi connectivity index (χ3n) is 5.32. The average Bonchev–Trinajstić information content (AvgIpc) is 3.21. The number of carbonyl (C=O) groups is 1. The zero-order valence-corrected chi connectivity index (χ0v) is 19.8. The van der Waals surface area contributed by atoms with E-state index in [-0.39, 0.29) is 29.6 Å². The maximum absolute atomic E-state index is 13.5. The molecule has 2 aromatic carbocycles. The number of fused-ring (bicyclic) bond motifs is 3. The number of rotatable bonds is 6. The fourth-order valence-electron chi connectivity index (χ4n) is 3.59. The van der Waals surface area contributed by atoms with Crippen LogP contribution in [0.4, 0.5) is 10.1 Å². The van der Waals surface area contributed by atoms with Crippen LogP contribution in [0.5, 0.6) is 0 Å². The lowest BCUT2D eigenvalue weighted by atomic mass is 10.2. The zero-order chi connectivity index (χ0) is 23.7. The molecule has 0 saturated carbocycles. The Morgan fingerprint density at radius 2 is 1.91 bits per heavy atom. The minimum absolute atomic E-state index is 0.0794. The van der Waals surface area contributed by atoms with Gasteiger partial charge in [-0.2, -0.15) is 0 Å². The summed E-state index contributed by atoms with van der Waals surface area (Å²) >= 11 is 2.49. The Balaban J connectivity index is 1.51. The SMILES string of the molecule is Cc1ccccc1NC(=O)CSc1nc2c(sc3ncccc32)c(=O)n1Cc1ccc(F)cc1. The Hall–Kier alpha value is -3.56. The number of halogens is 1. The summed E-state index contributed by atoms with van der Waals surface area (Å²) in [6.07, 6.45) is 1.68. The molecule has 0 aliphatic heterocycles. The molecule has 5 aromatic rings. The van der Waals surface area contributed by atoms with Gasteiger partial charge >= 0.3 is 0 Å². The first-order valence-electron chi connectivity index (χ1n) is 10.5. The lowest BCUT2D eigenvalue weighted by Gasteiger charge is -2.13. The monoisotopic (exact) mass is 490 g/mol. The first-order chi connectivity index (χ1) is 16.5. The fourth-order valence-corrected chi connectivity index (χ4v) is 5.42. The summed E-state index contributed by atoms with van der Waals surface area (Å²) in [7, 11) is 0. The van der Waals surface area contributed by atoms with E-state index in [2.05, 4.69) is 10.3 Å². The van der Waals surface area contributed by atoms with Gasteiger partial charge in [-0.1, -0.05) is 42.1 Å². The van der Waals surface area contributed by atoms with Gasteiger partial charge in [-0.25, -0.2) is 14.4 Å². The summed E-state index contributed by atoms with van der Waals surface area (Å²) < 4.78 is 15.4. The molecule has 1 N–H and O–H groups in total. The van der Waals surface area contributed by atoms with Crippen LogP contribution < -0.4 is 10.9 Å². The van der Waals surface area contributed by atoms with Gasteiger partial charge in [-0.05, 0) is 48.4 Å². The van der Waals surface area contributed by atoms with Gasteiger partial charge in [0, 0.05) is 17.3 Å². The normalized spacial score (nSPS) is 11.2. The van der Waals surface area contributed by atoms with Crippen LogP contribution in [0.2, 0.25) is 0 Å². The number of pyridine rings is 1. The Labute approximate surface area is 202 Å². The number of thioether (sulfide) groups is 1. The minimum Gasteiger partial charge on any atom is -0.325 e. The Morgan fingerprint density at radius 1 is 1.12 bits per heavy atom. The molecule has 170 valence electrons. The second-order valence-electron chi connectivity index (χ2n) is 7.70. The number of carbonyl (C=O) groups excluding carboxylic acids is 1. The molecule has 3 aromatic heterocycles. The van der Waals surface area contributed by atoms with Crippen molar-refractivity contribution in [1.29, 1.82) is 0 Å². The highest BCUT2D eigenvalue weighted by atomic mass is 32.2. The van der Waals surface area contributed by atoms with Gasteiger partial charge in [-0.3, -0.25) is 14.2 Å². The molecule has 0 atom stereocenters. The van der Waals surface area contributed by atoms with Crippen molar-refractivity contribution in [1.82, 2.24) is 14.5 Å². The number of amides is 1. The largest absolute Gasteiger partial charge is 0.325 e. The van der Waals surface area contributed by atoms with Crippen LogP contribution in [0.15, 0.2) is 76.8 Å². The van der Waals surface area contributed by atoms with Crippen LogP contribution in [-0.4, -0.2) is 26.2 Å². The number of aromatic nitrogens is 3. The Bertz CT molecular complexity index is 1580. The average molecular weight is 491 g/mol. The maximum Gasteiger partial charge on any atom is 0.272 e. The molecule has 0 saturated heterocycles. The van der Waals surface area contributed by atoms with Crippen LogP contribution in [0.25, 0.3) is 20.4 Å². The molecule has 9 heteroatoms. The Morgan fingerprint density at radius 3 is 2.71 bits per heavy atom. The van der Waals surface area contributed by atoms with Gasteiger partial charge in [-0.15, -0.1) is 11.3 Å². The highest BCUT2D eigenvalue weighted by Crippen LogP contribution is 2.30. The van der Waals surface area contributed by atoms with Crippen molar-refractivity contribution in [2.24, 2.45) is 0 Å². The summed E-state index contributed by atoms with van der Waals surface area (Å²) in [6, 6.07) is 17.2. The molecule has 0 aliphatic rings. The third kappa shape index (κ3) is 4.44. The number of anilines is 1. The zero-order valence-electron chi connectivity index (χ0n) is 18.1. The lowest BCUT2D eigenvalue weighted by molar-refractivity contribution is -0.113. The molecule has 1 amide bonds. The van der Waals surface area contributed by atoms with E-state index < -0.39 is 0 Å². The van der Waals surface area contributed by atoms with Crippen molar-refractivity contribution in [3.05, 3.63) is 94.2 Å². The second kappa shape index (κ2) is 9.36. The molecule has 0 unspecified atom stereocenters. The third-order valence-corrected chi connectivity index (χ3v) is 7.39. The molecule has 0 fully saturated rings. The van der Waals surface area contributed by atoms with Gasteiger partial charge in [0.15, 0.2) is 5.16 Å². The number of nitrogens with one attached hydrogen (secondary N) is 1. The minimum atomic E-state index is -0.345. The van der Waals surface area contributed by atoms with E-state index in [0.29, 0.717) is 15.4 Å². The van der Waals surface area contributed by atoms with E-state index in [1.165, 1.54) is 39.8 Å². The first kappa shape index (κ1) is 22.2. The molecular formula is C25H19FN4O2S2. The second-order valence-corrected chi connectivity index (χ2v) is 9.64. The van der Waals surface area contributed by atoms with Crippen molar-refractivity contribution < 1.29 is 9.18 Å². The van der Waals surface area contributed by atoms with Gasteiger partial charge < -0.3 is 5.32 Å². The van der Waals surface area contributed by atoms with Crippen LogP contribution >= 0.6 is 23.1 Å². The quantitative estimate of drug-likeness (QED) is 0.260. The van der Waals surface area contributed by atoms with E-state index in [1.54, 1.807) is 18.3 Å². The molecule has 0 aliphatic carbocycles. The number of hydrogen-bond acceptors (Lipinski definition) is 6. The molecule has 0 spiro atoms. The molecule has 5 rings (SSSR count). The van der Waals surface area contributed by atoms with Crippen LogP contribution in [-0.2, 0) is 11.3 Å². The van der Waals surface area contributed by atoms with Crippen molar-refractivity contribution in [2.45, 2.75) is 18.6 Å². The van der Waals surface area contributed by atoms with Gasteiger partial charge in [0.05, 0.1) is 17.8 Å². The molecule has 0 radical (unpaired) electrons. The molecule has 3 heterocycles. The summed E-state index contributed by atoms with van der Waals surface area (Å²) in [5.41, 5.74) is 2.84. The van der Waals surface area contributed by atoms with Crippen molar-refractivity contribution in [2.75, 3.05) is 11.1 Å². The van der Waals surface area contributed by atoms with Crippen LogP contribution in [0, 0.1) is 12.7 Å². The topological polar surface area (TPSA) is 76.9 Å². The van der Waals surface area contributed by atoms with Gasteiger partial charge in [0.1, 0.15) is 15.3 Å². The fraction of sp³-hybridized carbons (Fsp3) is 0.120. The highest BCUT2D eigenvalue weighted by molar-refractivity contribution is 7.99. The van der Waals surface area contributed by atoms with Gasteiger partial charge in [0.2, 0.25) is 5.91 Å². The molecule has 6 nitrogen and oxygen atoms in total. The summed E-state index contributed by atoms with van der Waals surface area (Å²) in [6.45, 7) is 2.14. The summed E-state index contributed by atoms with van der Waals surface area (Å²) in [4.78, 5) is 36.0. The van der Waals surface area contributed by atoms with E-state index in [4.69, 9.17) is 4.98 Å². The van der Waals surface area contributed by atoms with Crippen molar-refractivity contribution in [3.63, 3.8) is 0 Å². The highest BCUT2D eigenvalue weighted by Gasteiger charge is 2.18. The number of aryl methyl sites for hydroxylation is 1. The summed E-state index contributed by atoms with van der Waals surface area (Å²) in [5, 5.41) is 4.13. The number of para-hydroxylation sites is 1. The molecule has 0 bridgehead atoms. The van der Waals surface area contributed by atoms with E-state index in [1.807, 2.05) is 43.3 Å². The van der Waals surface area contributed by atoms with E-state index >= 15 is 0 Å². The first-order valence-corrected chi connectivity index (χ1v) is 12.3. The standard InChI is InChI=1S/C25H19FN4O2S2/c1-15-5-2-3-7-19(15)28-20(31)14-33-25-29-21-18-6-4-12-27-23(18)34-22(21)24(32)30(25)13-16-8-10-17(26)11-9-16/h2-12H,13-14H2,1H3,(H,28,31). The molecule has 34 heavy (non-hydrogen) atoms. The predicted molar refractivity (Wildman–Crippen MR) is 135 cm³/mol. The number of nitrogens with zero attached hydrogens (tertiary/aromatic N) is 3. The van der Waals surface area contributed by atoms with Crippen LogP contribution in [0.3, 0.4) is 0 Å². The van der Waals surface area contributed by atoms with E-state index in [9.17, 15) is 14.0 Å². The maximum atomic E-state index is 13.5. The van der Waals surface area contributed by atoms with Gasteiger partial charge in [0.25, 0.3) is 5.56 Å². The number of hydrogen-bond donors (Lipinski definition) is 1. The summed E-state index contributed by atoms with van der Waals surface area (Å²) in [5.74, 6) is -0.461.